The zero-order chi connectivity index (χ0) is 15.8. The Morgan fingerprint density at radius 3 is 2.71 bits per heavy atom. The van der Waals surface area contributed by atoms with E-state index in [2.05, 4.69) is 15.4 Å². The normalized spacial score (nSPS) is 13.4. The Kier molecular flexibility index (Phi) is 3.89. The monoisotopic (exact) mass is 290 g/mol. The van der Waals surface area contributed by atoms with Crippen LogP contribution in [0.2, 0.25) is 0 Å². The molecule has 0 fully saturated rings. The minimum Gasteiger partial charge on any atom is -0.348 e. The van der Waals surface area contributed by atoms with Crippen LogP contribution in [0.4, 0.5) is 0 Å². The number of aromatic nitrogens is 3. The molecule has 0 saturated carbocycles. The number of hydrogen-bond donors (Lipinski definition) is 2. The highest BCUT2D eigenvalue weighted by atomic mass is 16.1. The number of aromatic amines is 1. The summed E-state index contributed by atoms with van der Waals surface area (Å²) >= 11 is 0. The molecule has 6 heteroatoms. The molecule has 0 bridgehead atoms. The van der Waals surface area contributed by atoms with Gasteiger partial charge in [0.15, 0.2) is 5.65 Å². The van der Waals surface area contributed by atoms with Crippen molar-refractivity contribution < 1.29 is 4.79 Å². The Morgan fingerprint density at radius 1 is 1.43 bits per heavy atom. The van der Waals surface area contributed by atoms with Crippen molar-refractivity contribution in [3.8, 4) is 0 Å². The summed E-state index contributed by atoms with van der Waals surface area (Å²) in [7, 11) is 0. The molecule has 0 aliphatic heterocycles. The van der Waals surface area contributed by atoms with E-state index in [9.17, 15) is 9.59 Å². The topological polar surface area (TPSA) is 79.3 Å². The maximum atomic E-state index is 12.0. The highest BCUT2D eigenvalue weighted by Crippen LogP contribution is 2.19. The lowest BCUT2D eigenvalue weighted by Gasteiger charge is -2.19. The average Bonchev–Trinajstić information content (AvgIpc) is 2.67. The molecule has 0 aliphatic rings. The zero-order valence-electron chi connectivity index (χ0n) is 13.2. The lowest BCUT2D eigenvalue weighted by molar-refractivity contribution is -0.123. The van der Waals surface area contributed by atoms with Gasteiger partial charge < -0.3 is 5.32 Å². The van der Waals surface area contributed by atoms with Crippen LogP contribution in [0.25, 0.3) is 5.65 Å². The van der Waals surface area contributed by atoms with Gasteiger partial charge in [0.1, 0.15) is 0 Å². The van der Waals surface area contributed by atoms with Crippen molar-refractivity contribution in [1.82, 2.24) is 19.9 Å². The van der Waals surface area contributed by atoms with Crippen LogP contribution in [0, 0.1) is 12.3 Å². The number of aryl methyl sites for hydroxylation is 1. The molecular formula is C15H22N4O2. The lowest BCUT2D eigenvalue weighted by atomic mass is 9.92. The first kappa shape index (κ1) is 15.3. The molecule has 0 saturated heterocycles. The number of H-pyrrole nitrogens is 1. The molecular weight excluding hydrogens is 268 g/mol. The Bertz CT molecular complexity index is 721. The van der Waals surface area contributed by atoms with Gasteiger partial charge in [-0.2, -0.15) is 0 Å². The number of nitrogens with zero attached hydrogens (tertiary/aromatic N) is 2. The van der Waals surface area contributed by atoms with Crippen molar-refractivity contribution in [2.24, 2.45) is 5.41 Å². The Balaban J connectivity index is 2.21. The van der Waals surface area contributed by atoms with Gasteiger partial charge in [0.2, 0.25) is 5.91 Å². The quantitative estimate of drug-likeness (QED) is 0.906. The highest BCUT2D eigenvalue weighted by molar-refractivity contribution is 5.77. The van der Waals surface area contributed by atoms with E-state index in [-0.39, 0.29) is 22.9 Å². The van der Waals surface area contributed by atoms with Crippen molar-refractivity contribution in [3.05, 3.63) is 33.9 Å². The summed E-state index contributed by atoms with van der Waals surface area (Å²) in [5.74, 6) is -0.0396. The third-order valence-corrected chi connectivity index (χ3v) is 3.11. The van der Waals surface area contributed by atoms with Gasteiger partial charge in [0.05, 0.1) is 11.7 Å². The second-order valence-electron chi connectivity index (χ2n) is 6.68. The van der Waals surface area contributed by atoms with Crippen LogP contribution in [0.3, 0.4) is 0 Å². The van der Waals surface area contributed by atoms with E-state index in [1.54, 1.807) is 6.07 Å². The molecule has 2 aromatic heterocycles. The first-order valence-corrected chi connectivity index (χ1v) is 7.04. The van der Waals surface area contributed by atoms with Crippen LogP contribution in [-0.2, 0) is 4.79 Å². The van der Waals surface area contributed by atoms with Crippen LogP contribution >= 0.6 is 0 Å². The van der Waals surface area contributed by atoms with Gasteiger partial charge in [0, 0.05) is 24.2 Å². The molecule has 1 atom stereocenters. The number of rotatable bonds is 3. The second-order valence-corrected chi connectivity index (χ2v) is 6.68. The zero-order valence-corrected chi connectivity index (χ0v) is 13.2. The fraction of sp³-hybridized carbons (Fsp3) is 0.533. The molecule has 21 heavy (non-hydrogen) atoms. The van der Waals surface area contributed by atoms with Gasteiger partial charge in [-0.25, -0.2) is 9.50 Å². The molecule has 0 spiro atoms. The molecule has 6 nitrogen and oxygen atoms in total. The number of fused-ring (bicyclic) bond motifs is 1. The molecule has 0 aliphatic carbocycles. The molecule has 2 N–H and O–H groups in total. The number of carbonyl (C=O) groups is 1. The molecule has 0 radical (unpaired) electrons. The fourth-order valence-corrected chi connectivity index (χ4v) is 2.20. The summed E-state index contributed by atoms with van der Waals surface area (Å²) in [5, 5.41) is 5.81. The third kappa shape index (κ3) is 3.71. The van der Waals surface area contributed by atoms with Gasteiger partial charge in [-0.15, -0.1) is 0 Å². The Hall–Kier alpha value is -2.11. The minimum absolute atomic E-state index is 0.0396. The first-order chi connectivity index (χ1) is 9.65. The van der Waals surface area contributed by atoms with Gasteiger partial charge in [-0.3, -0.25) is 14.7 Å². The molecule has 1 amide bonds. The minimum atomic E-state index is -0.298. The van der Waals surface area contributed by atoms with Crippen molar-refractivity contribution in [1.29, 1.82) is 0 Å². The summed E-state index contributed by atoms with van der Waals surface area (Å²) in [6.45, 7) is 9.73. The molecule has 114 valence electrons. The first-order valence-electron chi connectivity index (χ1n) is 7.04. The van der Waals surface area contributed by atoms with Crippen molar-refractivity contribution in [2.75, 3.05) is 0 Å². The average molecular weight is 290 g/mol. The van der Waals surface area contributed by atoms with E-state index in [1.807, 2.05) is 34.6 Å². The molecule has 2 rings (SSSR count). The fourth-order valence-electron chi connectivity index (χ4n) is 2.20. The van der Waals surface area contributed by atoms with E-state index >= 15 is 0 Å². The summed E-state index contributed by atoms with van der Waals surface area (Å²) in [5.41, 5.74) is 1.74. The largest absolute Gasteiger partial charge is 0.348 e. The summed E-state index contributed by atoms with van der Waals surface area (Å²) in [4.78, 5) is 28.4. The number of carbonyl (C=O) groups excluding carboxylic acids is 1. The summed E-state index contributed by atoms with van der Waals surface area (Å²) in [6, 6.07) is 2.95. The molecule has 1 unspecified atom stereocenters. The number of nitrogens with one attached hydrogen (secondary N) is 2. The number of hydrogen-bond acceptors (Lipinski definition) is 3. The van der Waals surface area contributed by atoms with Crippen molar-refractivity contribution >= 4 is 11.6 Å². The standard InChI is InChI=1S/C15H22N4O2/c1-9-6-12-17-11(7-14(21)19(12)18-9)10(2)16-13(20)8-15(3,4)5/h6-7,10,18H,8H2,1-5H3,(H,16,20). The van der Waals surface area contributed by atoms with Crippen LogP contribution in [0.15, 0.2) is 16.9 Å². The lowest BCUT2D eigenvalue weighted by Crippen LogP contribution is -2.31. The van der Waals surface area contributed by atoms with Crippen molar-refractivity contribution in [3.63, 3.8) is 0 Å². The Morgan fingerprint density at radius 2 is 2.10 bits per heavy atom. The third-order valence-electron chi connectivity index (χ3n) is 3.11. The van der Waals surface area contributed by atoms with Crippen LogP contribution in [0.5, 0.6) is 0 Å². The molecule has 2 heterocycles. The van der Waals surface area contributed by atoms with E-state index in [0.29, 0.717) is 17.8 Å². The maximum Gasteiger partial charge on any atom is 0.272 e. The van der Waals surface area contributed by atoms with Gasteiger partial charge in [-0.1, -0.05) is 20.8 Å². The summed E-state index contributed by atoms with van der Waals surface area (Å²) in [6.07, 6.45) is 0.432. The predicted molar refractivity (Wildman–Crippen MR) is 81.2 cm³/mol. The van der Waals surface area contributed by atoms with Crippen LogP contribution < -0.4 is 10.9 Å². The van der Waals surface area contributed by atoms with E-state index in [4.69, 9.17) is 0 Å². The van der Waals surface area contributed by atoms with E-state index in [0.717, 1.165) is 5.69 Å². The Labute approximate surface area is 123 Å². The van der Waals surface area contributed by atoms with Gasteiger partial charge >= 0.3 is 0 Å². The molecule has 2 aromatic rings. The second kappa shape index (κ2) is 5.35. The van der Waals surface area contributed by atoms with Gasteiger partial charge in [-0.05, 0) is 19.3 Å². The van der Waals surface area contributed by atoms with Crippen LogP contribution in [-0.4, -0.2) is 20.5 Å². The maximum absolute atomic E-state index is 12.0. The van der Waals surface area contributed by atoms with E-state index < -0.39 is 0 Å². The van der Waals surface area contributed by atoms with Gasteiger partial charge in [0.25, 0.3) is 5.56 Å². The predicted octanol–water partition coefficient (Wildman–Crippen LogP) is 1.94. The van der Waals surface area contributed by atoms with Crippen molar-refractivity contribution in [2.45, 2.75) is 47.1 Å². The summed E-state index contributed by atoms with van der Waals surface area (Å²) < 4.78 is 1.39. The molecule has 0 aromatic carbocycles. The smallest absolute Gasteiger partial charge is 0.272 e. The van der Waals surface area contributed by atoms with E-state index in [1.165, 1.54) is 10.6 Å². The number of amides is 1. The SMILES string of the molecule is Cc1cc2nc(C(C)NC(=O)CC(C)(C)C)cc(=O)n2[nH]1. The highest BCUT2D eigenvalue weighted by Gasteiger charge is 2.19. The van der Waals surface area contributed by atoms with Crippen LogP contribution in [0.1, 0.15) is 51.5 Å².